The summed E-state index contributed by atoms with van der Waals surface area (Å²) < 4.78 is 10.7. The van der Waals surface area contributed by atoms with E-state index >= 15 is 4.79 Å². The van der Waals surface area contributed by atoms with Gasteiger partial charge in [-0.05, 0) is 132 Å². The lowest BCUT2D eigenvalue weighted by Gasteiger charge is -2.42. The zero-order chi connectivity index (χ0) is 38.1. The molecule has 54 heavy (non-hydrogen) atoms. The van der Waals surface area contributed by atoms with Gasteiger partial charge in [-0.15, -0.1) is 0 Å². The smallest absolute Gasteiger partial charge is 0.200 e. The van der Waals surface area contributed by atoms with Crippen molar-refractivity contribution in [2.75, 3.05) is 26.1 Å². The van der Waals surface area contributed by atoms with Gasteiger partial charge in [0.25, 0.3) is 0 Å². The number of ketones is 1. The Labute approximate surface area is 314 Å². The molecular formula is C43H48N2O9. The molecule has 0 amide bonds. The third kappa shape index (κ3) is 7.13. The van der Waals surface area contributed by atoms with Gasteiger partial charge in [0, 0.05) is 24.1 Å². The van der Waals surface area contributed by atoms with E-state index in [0.717, 1.165) is 39.0 Å². The first kappa shape index (κ1) is 36.9. The summed E-state index contributed by atoms with van der Waals surface area (Å²) in [5, 5.41) is 74.0. The summed E-state index contributed by atoms with van der Waals surface area (Å²) in [7, 11) is 2.88. The average molecular weight is 737 g/mol. The number of methoxy groups -OCH3 is 2. The quantitative estimate of drug-likeness (QED) is 0.0999. The van der Waals surface area contributed by atoms with E-state index in [2.05, 4.69) is 10.6 Å². The minimum absolute atomic E-state index is 0.0103. The summed E-state index contributed by atoms with van der Waals surface area (Å²) in [5.41, 5.74) is 3.25. The third-order valence-corrected chi connectivity index (χ3v) is 11.7. The van der Waals surface area contributed by atoms with Crippen molar-refractivity contribution in [1.82, 2.24) is 5.32 Å². The molecule has 3 aliphatic rings. The summed E-state index contributed by atoms with van der Waals surface area (Å²) in [5.74, 6) is -0.994. The minimum atomic E-state index is -1.09. The zero-order valence-corrected chi connectivity index (χ0v) is 30.5. The van der Waals surface area contributed by atoms with Crippen LogP contribution in [-0.2, 0) is 17.6 Å². The highest BCUT2D eigenvalue weighted by Gasteiger charge is 2.52. The molecule has 4 aromatic carbocycles. The van der Waals surface area contributed by atoms with Crippen molar-refractivity contribution in [3.8, 4) is 34.5 Å². The number of carbonyl (C=O) groups excluding carboxylic acids is 1. The van der Waals surface area contributed by atoms with Crippen molar-refractivity contribution in [2.24, 2.45) is 11.3 Å². The molecule has 4 aromatic rings. The summed E-state index contributed by atoms with van der Waals surface area (Å²) >= 11 is 0. The maximum Gasteiger partial charge on any atom is 0.200 e. The largest absolute Gasteiger partial charge is 0.508 e. The number of Topliss-reactive ketones (excluding diaryl/α,β-unsaturated/α-hetero) is 1. The van der Waals surface area contributed by atoms with Crippen LogP contribution in [0.2, 0.25) is 0 Å². The van der Waals surface area contributed by atoms with E-state index in [1.165, 1.54) is 20.3 Å². The molecule has 1 spiro atoms. The van der Waals surface area contributed by atoms with Crippen LogP contribution in [-0.4, -0.2) is 69.4 Å². The number of nitrogens with one attached hydrogen (secondary N) is 2. The summed E-state index contributed by atoms with van der Waals surface area (Å²) in [6.45, 7) is 0.475. The first-order valence-corrected chi connectivity index (χ1v) is 18.5. The van der Waals surface area contributed by atoms with E-state index in [9.17, 15) is 30.6 Å². The van der Waals surface area contributed by atoms with Crippen LogP contribution in [0.1, 0.15) is 61.1 Å². The second kappa shape index (κ2) is 15.2. The number of rotatable bonds is 7. The fourth-order valence-corrected chi connectivity index (χ4v) is 8.98. The van der Waals surface area contributed by atoms with Crippen molar-refractivity contribution in [2.45, 2.75) is 69.5 Å². The maximum absolute atomic E-state index is 15.2. The van der Waals surface area contributed by atoms with E-state index in [-0.39, 0.29) is 41.6 Å². The van der Waals surface area contributed by atoms with Gasteiger partial charge in [-0.3, -0.25) is 4.79 Å². The van der Waals surface area contributed by atoms with Crippen molar-refractivity contribution < 1.29 is 44.9 Å². The number of benzene rings is 4. The monoisotopic (exact) mass is 736 g/mol. The number of hydrogen-bond donors (Lipinski definition) is 8. The normalized spacial score (nSPS) is 23.5. The van der Waals surface area contributed by atoms with Gasteiger partial charge in [-0.25, -0.2) is 0 Å². The van der Waals surface area contributed by atoms with Gasteiger partial charge in [0.1, 0.15) is 17.4 Å². The molecule has 2 aliphatic heterocycles. The number of aliphatic hydroxyl groups excluding tert-OH is 2. The molecular weight excluding hydrogens is 688 g/mol. The Bertz CT molecular complexity index is 2130. The molecule has 7 rings (SSSR count). The Morgan fingerprint density at radius 3 is 2.50 bits per heavy atom. The molecule has 11 heteroatoms. The maximum atomic E-state index is 15.2. The van der Waals surface area contributed by atoms with Crippen LogP contribution < -0.4 is 20.1 Å². The molecule has 11 nitrogen and oxygen atoms in total. The fourth-order valence-electron chi connectivity index (χ4n) is 8.98. The number of aromatic hydroxyl groups is 4. The highest BCUT2D eigenvalue weighted by molar-refractivity contribution is 5.91. The Morgan fingerprint density at radius 2 is 1.74 bits per heavy atom. The van der Waals surface area contributed by atoms with E-state index in [4.69, 9.17) is 9.47 Å². The highest BCUT2D eigenvalue weighted by Crippen LogP contribution is 2.54. The number of phenolic OH excluding ortho intramolecular Hbond substituents is 4. The standard InChI is InChI=1S/C43H48N2O9/c1-53-38-17-24(3-11-34(38)48)4-12-35(49)41-36(50)19-25(27-20-37(51)42(52)39(21-27)54-2)5-8-32-31-9-7-29(46)18-26(31)6-10-33(32)45-40-22-28(14-16-44-40)43(41)15-13-30(47)23-43/h3,6-7,9-11,14,17-18,20-22,25,30,35,41,44-49,51-52H,4-5,8,12-13,15-16,19,23H2,1-2H3/t25-,30+,35-,41-,43-/m1/s1. The van der Waals surface area contributed by atoms with Gasteiger partial charge < -0.3 is 50.7 Å². The van der Waals surface area contributed by atoms with Crippen LogP contribution in [0.3, 0.4) is 0 Å². The van der Waals surface area contributed by atoms with Gasteiger partial charge in [0.15, 0.2) is 23.0 Å². The van der Waals surface area contributed by atoms with E-state index in [1.807, 2.05) is 30.4 Å². The molecule has 1 aliphatic carbocycles. The number of allylic oxidation sites excluding steroid dienone is 2. The topological polar surface area (TPSA) is 181 Å². The molecule has 0 unspecified atom stereocenters. The van der Waals surface area contributed by atoms with Crippen molar-refractivity contribution in [3.05, 3.63) is 101 Å². The van der Waals surface area contributed by atoms with Gasteiger partial charge in [0.2, 0.25) is 5.75 Å². The number of fused-ring (bicyclic) bond motifs is 5. The first-order valence-electron chi connectivity index (χ1n) is 18.5. The third-order valence-electron chi connectivity index (χ3n) is 11.7. The minimum Gasteiger partial charge on any atom is -0.508 e. The number of aryl methyl sites for hydroxylation is 2. The number of ether oxygens (including phenoxy) is 2. The van der Waals surface area contributed by atoms with Crippen molar-refractivity contribution in [3.63, 3.8) is 0 Å². The molecule has 2 heterocycles. The van der Waals surface area contributed by atoms with Gasteiger partial charge >= 0.3 is 0 Å². The van der Waals surface area contributed by atoms with Crippen molar-refractivity contribution >= 4 is 22.2 Å². The van der Waals surface area contributed by atoms with Gasteiger partial charge in [0.05, 0.1) is 32.3 Å². The molecule has 1 saturated carbocycles. The Morgan fingerprint density at radius 1 is 0.926 bits per heavy atom. The molecule has 0 saturated heterocycles. The lowest BCUT2D eigenvalue weighted by atomic mass is 9.62. The molecule has 5 atom stereocenters. The van der Waals surface area contributed by atoms with Gasteiger partial charge in [-0.1, -0.05) is 24.3 Å². The SMILES string of the molecule is COc1cc(CC[C@@H](O)[C@@H]2C(=O)C[C@H](c3cc(O)c(O)c(OC)c3)CCc3c(ccc4cc(O)ccc34)NC3=CC(=CCN3)[C@]23CC[C@H](O)C3)ccc1O. The Kier molecular flexibility index (Phi) is 10.4. The van der Waals surface area contributed by atoms with Crippen LogP contribution in [0.15, 0.2) is 84.2 Å². The summed E-state index contributed by atoms with van der Waals surface area (Å²) in [4.78, 5) is 15.2. The van der Waals surface area contributed by atoms with Crippen molar-refractivity contribution in [1.29, 1.82) is 0 Å². The van der Waals surface area contributed by atoms with Crippen LogP contribution in [0.25, 0.3) is 10.8 Å². The second-order valence-corrected chi connectivity index (χ2v) is 14.9. The number of anilines is 1. The molecule has 1 fully saturated rings. The Balaban J connectivity index is 1.36. The number of carbonyl (C=O) groups is 1. The molecule has 8 N–H and O–H groups in total. The predicted molar refractivity (Wildman–Crippen MR) is 205 cm³/mol. The number of hydrogen-bond acceptors (Lipinski definition) is 11. The predicted octanol–water partition coefficient (Wildman–Crippen LogP) is 6.29. The highest BCUT2D eigenvalue weighted by atomic mass is 16.5. The average Bonchev–Trinajstić information content (AvgIpc) is 3.56. The first-order chi connectivity index (χ1) is 26.0. The lowest BCUT2D eigenvalue weighted by Crippen LogP contribution is -2.45. The van der Waals surface area contributed by atoms with E-state index < -0.39 is 35.2 Å². The molecule has 0 aromatic heterocycles. The lowest BCUT2D eigenvalue weighted by molar-refractivity contribution is -0.132. The van der Waals surface area contributed by atoms with E-state index in [1.54, 1.807) is 36.4 Å². The molecule has 2 bridgehead atoms. The Hall–Kier alpha value is -5.39. The summed E-state index contributed by atoms with van der Waals surface area (Å²) in [6, 6.07) is 17.3. The van der Waals surface area contributed by atoms with Crippen LogP contribution in [0, 0.1) is 11.3 Å². The number of dihydropyridines is 1. The van der Waals surface area contributed by atoms with Crippen LogP contribution in [0.4, 0.5) is 5.69 Å². The van der Waals surface area contributed by atoms with Crippen LogP contribution in [0.5, 0.6) is 34.5 Å². The number of phenols is 4. The number of aliphatic hydroxyl groups is 2. The van der Waals surface area contributed by atoms with E-state index in [0.29, 0.717) is 56.4 Å². The van der Waals surface area contributed by atoms with Gasteiger partial charge in [-0.2, -0.15) is 0 Å². The zero-order valence-electron chi connectivity index (χ0n) is 30.5. The second-order valence-electron chi connectivity index (χ2n) is 14.9. The van der Waals surface area contributed by atoms with Crippen LogP contribution >= 0.6 is 0 Å². The fraction of sp³-hybridized carbons (Fsp3) is 0.372. The summed E-state index contributed by atoms with van der Waals surface area (Å²) in [6.07, 6.45) is 5.18. The molecule has 284 valence electrons. The molecule has 0 radical (unpaired) electrons.